The summed E-state index contributed by atoms with van der Waals surface area (Å²) in [6.45, 7) is -0.328. The first kappa shape index (κ1) is 32.8. The van der Waals surface area contributed by atoms with E-state index >= 15 is 0 Å². The minimum absolute atomic E-state index is 0.0338. The van der Waals surface area contributed by atoms with Crippen LogP contribution in [0.5, 0.6) is 0 Å². The van der Waals surface area contributed by atoms with E-state index in [0.717, 1.165) is 0 Å². The Morgan fingerprint density at radius 3 is 1.32 bits per heavy atom. The van der Waals surface area contributed by atoms with Crippen LogP contribution in [0.4, 0.5) is 65.9 Å². The van der Waals surface area contributed by atoms with Crippen molar-refractivity contribution in [2.75, 3.05) is 40.1 Å². The van der Waals surface area contributed by atoms with Gasteiger partial charge in [0.05, 0.1) is 27.7 Å². The van der Waals surface area contributed by atoms with E-state index < -0.39 is 63.3 Å². The molecule has 0 spiro atoms. The minimum atomic E-state index is -8.53. The molecular weight excluding hydrogens is 545 g/mol. The molecule has 0 aliphatic carbocycles. The molecule has 0 aromatic heterocycles. The summed E-state index contributed by atoms with van der Waals surface area (Å²) in [7, 11) is -2.14. The van der Waals surface area contributed by atoms with E-state index in [-0.39, 0.29) is 17.4 Å². The van der Waals surface area contributed by atoms with Crippen LogP contribution in [0.15, 0.2) is 0 Å². The minimum Gasteiger partial charge on any atom is -0.331 e. The Kier molecular flexibility index (Phi) is 8.73. The molecule has 20 heteroatoms. The summed E-state index contributed by atoms with van der Waals surface area (Å²) in [6, 6.07) is 0. The van der Waals surface area contributed by atoms with Crippen molar-refractivity contribution in [2.24, 2.45) is 0 Å². The highest BCUT2D eigenvalue weighted by molar-refractivity contribution is 7.92. The molecule has 0 unspecified atom stereocenters. The Bertz CT molecular complexity index is 816. The van der Waals surface area contributed by atoms with Crippen LogP contribution in [0, 0.1) is 0 Å². The SMILES string of the molecule is C[N+](C)(C)CCCNCS(=O)(=O)C(F)(F)C(F)(F)C(F)(F)C(F)(F)C(F)(F)C(F)(F)C(F)(F)F. The second kappa shape index (κ2) is 9.04. The number of hydrogen-bond acceptors (Lipinski definition) is 3. The maximum Gasteiger partial charge on any atom is 0.460 e. The Morgan fingerprint density at radius 2 is 0.971 bits per heavy atom. The summed E-state index contributed by atoms with van der Waals surface area (Å²) in [5.41, 5.74) is 0. The zero-order valence-electron chi connectivity index (χ0n) is 17.2. The molecule has 0 heterocycles. The highest BCUT2D eigenvalue weighted by atomic mass is 32.2. The summed E-state index contributed by atoms with van der Waals surface area (Å²) >= 11 is 0. The molecule has 4 nitrogen and oxygen atoms in total. The lowest BCUT2D eigenvalue weighted by molar-refractivity contribution is -0.870. The molecule has 0 bridgehead atoms. The van der Waals surface area contributed by atoms with E-state index in [9.17, 15) is 74.3 Å². The standard InChI is InChI=1S/C14H18F15N2O2S/c1-31(2,3)6-4-5-30-7-34(32,33)14(28,29)12(23,24)10(19,20)8(15,16)9(17,18)11(21,22)13(25,26)27/h30H,4-7H2,1-3H3/q+1. The number of halogens is 15. The van der Waals surface area contributed by atoms with Crippen molar-refractivity contribution in [2.45, 2.75) is 47.5 Å². The molecule has 0 aliphatic heterocycles. The number of nitrogens with zero attached hydrogens (tertiary/aromatic N) is 1. The van der Waals surface area contributed by atoms with E-state index in [1.807, 2.05) is 0 Å². The Labute approximate surface area is 182 Å². The van der Waals surface area contributed by atoms with Gasteiger partial charge in [0.15, 0.2) is 0 Å². The van der Waals surface area contributed by atoms with Gasteiger partial charge in [0.25, 0.3) is 0 Å². The van der Waals surface area contributed by atoms with Crippen molar-refractivity contribution >= 4 is 9.84 Å². The van der Waals surface area contributed by atoms with E-state index in [2.05, 4.69) is 0 Å². The first-order valence-corrected chi connectivity index (χ1v) is 10.2. The molecule has 0 atom stereocenters. The molecule has 0 saturated carbocycles. The topological polar surface area (TPSA) is 46.2 Å². The maximum atomic E-state index is 13.8. The molecule has 34 heavy (non-hydrogen) atoms. The average molecular weight is 563 g/mol. The fourth-order valence-electron chi connectivity index (χ4n) is 2.12. The summed E-state index contributed by atoms with van der Waals surface area (Å²) < 4.78 is 220. The predicted molar refractivity (Wildman–Crippen MR) is 85.0 cm³/mol. The Morgan fingerprint density at radius 1 is 0.618 bits per heavy atom. The third-order valence-corrected chi connectivity index (χ3v) is 5.79. The summed E-state index contributed by atoms with van der Waals surface area (Å²) in [4.78, 5) is 0. The molecule has 0 aromatic rings. The monoisotopic (exact) mass is 563 g/mol. The molecule has 0 saturated heterocycles. The zero-order valence-corrected chi connectivity index (χ0v) is 18.0. The van der Waals surface area contributed by atoms with Gasteiger partial charge in [-0.05, 0) is 0 Å². The highest BCUT2D eigenvalue weighted by Crippen LogP contribution is 2.62. The molecule has 0 amide bonds. The molecule has 1 N–H and O–H groups in total. The number of rotatable bonds is 12. The van der Waals surface area contributed by atoms with Crippen LogP contribution in [0.2, 0.25) is 0 Å². The van der Waals surface area contributed by atoms with Crippen LogP contribution in [0.25, 0.3) is 0 Å². The van der Waals surface area contributed by atoms with Gasteiger partial charge in [-0.3, -0.25) is 0 Å². The molecule has 0 aliphatic rings. The van der Waals surface area contributed by atoms with Crippen molar-refractivity contribution in [3.05, 3.63) is 0 Å². The second-order valence-electron chi connectivity index (χ2n) is 8.01. The molecular formula is C14H18F15N2O2S+. The van der Waals surface area contributed by atoms with E-state index in [4.69, 9.17) is 0 Å². The van der Waals surface area contributed by atoms with Gasteiger partial charge in [-0.25, -0.2) is 8.42 Å². The number of sulfone groups is 1. The normalized spacial score (nSPS) is 16.2. The zero-order chi connectivity index (χ0) is 28.0. The van der Waals surface area contributed by atoms with Gasteiger partial charge in [-0.15, -0.1) is 0 Å². The largest absolute Gasteiger partial charge is 0.460 e. The van der Waals surface area contributed by atoms with E-state index in [1.165, 1.54) is 0 Å². The number of alkyl halides is 15. The van der Waals surface area contributed by atoms with Gasteiger partial charge in [0.1, 0.15) is 5.88 Å². The van der Waals surface area contributed by atoms with Crippen LogP contribution >= 0.6 is 0 Å². The molecule has 0 fully saturated rings. The van der Waals surface area contributed by atoms with Gasteiger partial charge in [-0.1, -0.05) is 0 Å². The second-order valence-corrected chi connectivity index (χ2v) is 10.0. The van der Waals surface area contributed by atoms with Crippen molar-refractivity contribution in [3.63, 3.8) is 0 Å². The number of hydrogen-bond donors (Lipinski definition) is 1. The highest BCUT2D eigenvalue weighted by Gasteiger charge is 2.94. The lowest BCUT2D eigenvalue weighted by Gasteiger charge is -2.41. The van der Waals surface area contributed by atoms with Crippen LogP contribution < -0.4 is 5.32 Å². The van der Waals surface area contributed by atoms with Gasteiger partial charge in [0, 0.05) is 13.0 Å². The van der Waals surface area contributed by atoms with Crippen molar-refractivity contribution in [3.8, 4) is 0 Å². The van der Waals surface area contributed by atoms with Gasteiger partial charge < -0.3 is 9.80 Å². The lowest BCUT2D eigenvalue weighted by atomic mass is 9.94. The van der Waals surface area contributed by atoms with Gasteiger partial charge >= 0.3 is 41.0 Å². The number of quaternary nitrogens is 1. The van der Waals surface area contributed by atoms with E-state index in [1.54, 1.807) is 26.5 Å². The summed E-state index contributed by atoms with van der Waals surface area (Å²) in [6.07, 6.45) is -7.76. The molecule has 206 valence electrons. The molecule has 0 aromatic carbocycles. The third-order valence-electron chi connectivity index (χ3n) is 4.16. The fourth-order valence-corrected chi connectivity index (χ4v) is 3.24. The molecule has 0 radical (unpaired) electrons. The fraction of sp³-hybridized carbons (Fsp3) is 1.00. The van der Waals surface area contributed by atoms with E-state index in [0.29, 0.717) is 0 Å². The first-order chi connectivity index (χ1) is 14.5. The first-order valence-electron chi connectivity index (χ1n) is 8.53. The quantitative estimate of drug-likeness (QED) is 0.218. The van der Waals surface area contributed by atoms with Crippen LogP contribution in [0.3, 0.4) is 0 Å². The Hall–Kier alpha value is -1.18. The molecule has 0 rings (SSSR count). The lowest BCUT2D eigenvalue weighted by Crippen LogP contribution is -2.73. The van der Waals surface area contributed by atoms with Crippen LogP contribution in [-0.2, 0) is 9.84 Å². The predicted octanol–water partition coefficient (Wildman–Crippen LogP) is 4.38. The van der Waals surface area contributed by atoms with Gasteiger partial charge in [-0.2, -0.15) is 65.9 Å². The van der Waals surface area contributed by atoms with Crippen LogP contribution in [0.1, 0.15) is 6.42 Å². The Balaban J connectivity index is 6.17. The van der Waals surface area contributed by atoms with Crippen molar-refractivity contribution in [1.82, 2.24) is 5.32 Å². The summed E-state index contributed by atoms with van der Waals surface area (Å²) in [5, 5.41) is -5.75. The van der Waals surface area contributed by atoms with Crippen molar-refractivity contribution in [1.29, 1.82) is 0 Å². The maximum absolute atomic E-state index is 13.8. The smallest absolute Gasteiger partial charge is 0.331 e. The summed E-state index contributed by atoms with van der Waals surface area (Å²) in [5.74, 6) is -43.9. The average Bonchev–Trinajstić information content (AvgIpc) is 2.58. The number of nitrogens with one attached hydrogen (secondary N) is 1. The van der Waals surface area contributed by atoms with Crippen LogP contribution in [-0.4, -0.2) is 94.1 Å². The third kappa shape index (κ3) is 5.31. The van der Waals surface area contributed by atoms with Crippen molar-refractivity contribution < 1.29 is 78.8 Å². The van der Waals surface area contributed by atoms with Gasteiger partial charge in [0.2, 0.25) is 9.84 Å².